The number of hydrogen-bond donors (Lipinski definition) is 1. The Hall–Kier alpha value is -1.24. The lowest BCUT2D eigenvalue weighted by molar-refractivity contribution is 0.0757. The minimum Gasteiger partial charge on any atom is -0.393 e. The van der Waals surface area contributed by atoms with Crippen LogP contribution in [0.5, 0.6) is 0 Å². The monoisotopic (exact) mass is 308 g/mol. The van der Waals surface area contributed by atoms with Gasteiger partial charge in [0.2, 0.25) is 0 Å². The maximum absolute atomic E-state index is 12.4. The molecule has 1 saturated heterocycles. The SMILES string of the molecule is CC(O)C1CCN(C(=O)c2csc(-c3ccsc3)n2)C1. The first-order chi connectivity index (χ1) is 9.65. The Balaban J connectivity index is 1.72. The van der Waals surface area contributed by atoms with Gasteiger partial charge in [-0.15, -0.1) is 11.3 Å². The van der Waals surface area contributed by atoms with Crippen LogP contribution in [-0.2, 0) is 0 Å². The molecule has 1 amide bonds. The quantitative estimate of drug-likeness (QED) is 0.948. The topological polar surface area (TPSA) is 53.4 Å². The summed E-state index contributed by atoms with van der Waals surface area (Å²) in [4.78, 5) is 18.6. The predicted molar refractivity (Wildman–Crippen MR) is 81.1 cm³/mol. The second kappa shape index (κ2) is 5.63. The highest BCUT2D eigenvalue weighted by Crippen LogP contribution is 2.27. The molecule has 20 heavy (non-hydrogen) atoms. The van der Waals surface area contributed by atoms with Crippen molar-refractivity contribution in [3.8, 4) is 10.6 Å². The minimum absolute atomic E-state index is 0.0223. The summed E-state index contributed by atoms with van der Waals surface area (Å²) in [5, 5.41) is 16.4. The van der Waals surface area contributed by atoms with Gasteiger partial charge in [-0.05, 0) is 24.8 Å². The van der Waals surface area contributed by atoms with Gasteiger partial charge in [0.15, 0.2) is 0 Å². The lowest BCUT2D eigenvalue weighted by atomic mass is 10.0. The number of thiazole rings is 1. The van der Waals surface area contributed by atoms with Gasteiger partial charge in [0.05, 0.1) is 6.10 Å². The number of amides is 1. The zero-order valence-electron chi connectivity index (χ0n) is 11.2. The summed E-state index contributed by atoms with van der Waals surface area (Å²) in [6.07, 6.45) is 0.509. The summed E-state index contributed by atoms with van der Waals surface area (Å²) >= 11 is 3.12. The lowest BCUT2D eigenvalue weighted by Gasteiger charge is -2.16. The van der Waals surface area contributed by atoms with Crippen LogP contribution in [0.2, 0.25) is 0 Å². The Labute approximate surface area is 125 Å². The van der Waals surface area contributed by atoms with Gasteiger partial charge in [-0.2, -0.15) is 11.3 Å². The molecular formula is C14H16N2O2S2. The van der Waals surface area contributed by atoms with Gasteiger partial charge in [0.1, 0.15) is 10.7 Å². The third-order valence-corrected chi connectivity index (χ3v) is 5.26. The van der Waals surface area contributed by atoms with Crippen LogP contribution in [0.4, 0.5) is 0 Å². The third-order valence-electron chi connectivity index (χ3n) is 3.69. The summed E-state index contributed by atoms with van der Waals surface area (Å²) in [6, 6.07) is 2.01. The summed E-state index contributed by atoms with van der Waals surface area (Å²) in [5.41, 5.74) is 1.59. The van der Waals surface area contributed by atoms with Gasteiger partial charge in [-0.25, -0.2) is 4.98 Å². The summed E-state index contributed by atoms with van der Waals surface area (Å²) < 4.78 is 0. The molecule has 106 valence electrons. The Morgan fingerprint density at radius 2 is 2.40 bits per heavy atom. The summed E-state index contributed by atoms with van der Waals surface area (Å²) in [5.74, 6) is 0.166. The fourth-order valence-corrected chi connectivity index (χ4v) is 3.92. The highest BCUT2D eigenvalue weighted by atomic mass is 32.1. The molecule has 0 radical (unpaired) electrons. The van der Waals surface area contributed by atoms with Crippen molar-refractivity contribution in [2.24, 2.45) is 5.92 Å². The van der Waals surface area contributed by atoms with E-state index >= 15 is 0 Å². The van der Waals surface area contributed by atoms with Crippen molar-refractivity contribution in [3.05, 3.63) is 27.9 Å². The van der Waals surface area contributed by atoms with Crippen LogP contribution >= 0.6 is 22.7 Å². The van der Waals surface area contributed by atoms with E-state index in [0.29, 0.717) is 18.8 Å². The van der Waals surface area contributed by atoms with Crippen LogP contribution in [0.3, 0.4) is 0 Å². The predicted octanol–water partition coefficient (Wildman–Crippen LogP) is 2.71. The van der Waals surface area contributed by atoms with E-state index < -0.39 is 0 Å². The molecule has 1 fully saturated rings. The normalized spacial score (nSPS) is 20.3. The van der Waals surface area contributed by atoms with Crippen molar-refractivity contribution in [2.45, 2.75) is 19.4 Å². The molecule has 2 aromatic heterocycles. The number of aliphatic hydroxyl groups excluding tert-OH is 1. The smallest absolute Gasteiger partial charge is 0.273 e. The highest BCUT2D eigenvalue weighted by molar-refractivity contribution is 7.14. The van der Waals surface area contributed by atoms with E-state index in [2.05, 4.69) is 4.98 Å². The summed E-state index contributed by atoms with van der Waals surface area (Å²) in [7, 11) is 0. The molecule has 3 rings (SSSR count). The van der Waals surface area contributed by atoms with E-state index in [1.165, 1.54) is 11.3 Å². The molecular weight excluding hydrogens is 292 g/mol. The molecule has 0 aromatic carbocycles. The molecule has 2 unspecified atom stereocenters. The Bertz CT molecular complexity index is 592. The maximum Gasteiger partial charge on any atom is 0.273 e. The minimum atomic E-state index is -0.357. The van der Waals surface area contributed by atoms with Gasteiger partial charge >= 0.3 is 0 Å². The van der Waals surface area contributed by atoms with Crippen molar-refractivity contribution < 1.29 is 9.90 Å². The largest absolute Gasteiger partial charge is 0.393 e. The van der Waals surface area contributed by atoms with E-state index in [1.807, 2.05) is 22.2 Å². The molecule has 2 aromatic rings. The molecule has 1 aliphatic heterocycles. The Kier molecular flexibility index (Phi) is 3.87. The number of nitrogens with zero attached hydrogens (tertiary/aromatic N) is 2. The first-order valence-electron chi connectivity index (χ1n) is 6.60. The molecule has 0 aliphatic carbocycles. The number of carbonyl (C=O) groups is 1. The van der Waals surface area contributed by atoms with Crippen molar-refractivity contribution in [1.29, 1.82) is 0 Å². The molecule has 1 aliphatic rings. The molecule has 0 saturated carbocycles. The third kappa shape index (κ3) is 2.63. The second-order valence-electron chi connectivity index (χ2n) is 5.09. The molecule has 3 heterocycles. The zero-order valence-corrected chi connectivity index (χ0v) is 12.8. The van der Waals surface area contributed by atoms with Gasteiger partial charge in [-0.1, -0.05) is 0 Å². The lowest BCUT2D eigenvalue weighted by Crippen LogP contribution is -2.30. The van der Waals surface area contributed by atoms with Gasteiger partial charge in [-0.3, -0.25) is 4.79 Å². The van der Waals surface area contributed by atoms with Crippen molar-refractivity contribution in [1.82, 2.24) is 9.88 Å². The molecule has 4 nitrogen and oxygen atoms in total. The van der Waals surface area contributed by atoms with Crippen LogP contribution in [-0.4, -0.2) is 40.1 Å². The molecule has 0 bridgehead atoms. The van der Waals surface area contributed by atoms with E-state index in [4.69, 9.17) is 0 Å². The van der Waals surface area contributed by atoms with Gasteiger partial charge in [0.25, 0.3) is 5.91 Å². The maximum atomic E-state index is 12.4. The Morgan fingerprint density at radius 3 is 3.05 bits per heavy atom. The highest BCUT2D eigenvalue weighted by Gasteiger charge is 2.30. The first kappa shape index (κ1) is 13.7. The van der Waals surface area contributed by atoms with Crippen molar-refractivity contribution in [3.63, 3.8) is 0 Å². The summed E-state index contributed by atoms with van der Waals surface area (Å²) in [6.45, 7) is 3.12. The number of aromatic nitrogens is 1. The van der Waals surface area contributed by atoms with E-state index in [-0.39, 0.29) is 17.9 Å². The molecule has 1 N–H and O–H groups in total. The van der Waals surface area contributed by atoms with E-state index in [0.717, 1.165) is 17.0 Å². The fraction of sp³-hybridized carbons (Fsp3) is 0.429. The number of hydrogen-bond acceptors (Lipinski definition) is 5. The number of thiophene rings is 1. The number of aliphatic hydroxyl groups is 1. The number of rotatable bonds is 3. The van der Waals surface area contributed by atoms with E-state index in [9.17, 15) is 9.90 Å². The molecule has 6 heteroatoms. The van der Waals surface area contributed by atoms with Crippen LogP contribution in [0.15, 0.2) is 22.2 Å². The van der Waals surface area contributed by atoms with Crippen molar-refractivity contribution in [2.75, 3.05) is 13.1 Å². The average Bonchev–Trinajstić information content (AvgIpc) is 3.17. The Morgan fingerprint density at radius 1 is 1.55 bits per heavy atom. The first-order valence-corrected chi connectivity index (χ1v) is 8.43. The van der Waals surface area contributed by atoms with Crippen LogP contribution in [0, 0.1) is 5.92 Å². The average molecular weight is 308 g/mol. The number of carbonyl (C=O) groups excluding carboxylic acids is 1. The van der Waals surface area contributed by atoms with Gasteiger partial charge < -0.3 is 10.0 Å². The molecule has 2 atom stereocenters. The fourth-order valence-electron chi connectivity index (χ4n) is 2.42. The standard InChI is InChI=1S/C14H16N2O2S2/c1-9(17)10-2-4-16(6-10)14(18)12-8-20-13(15-12)11-3-5-19-7-11/h3,5,7-10,17H,2,4,6H2,1H3. The van der Waals surface area contributed by atoms with Crippen LogP contribution < -0.4 is 0 Å². The van der Waals surface area contributed by atoms with Crippen molar-refractivity contribution >= 4 is 28.6 Å². The molecule has 0 spiro atoms. The van der Waals surface area contributed by atoms with Gasteiger partial charge in [0, 0.05) is 35.3 Å². The number of likely N-dealkylation sites (tertiary alicyclic amines) is 1. The van der Waals surface area contributed by atoms with Crippen LogP contribution in [0.1, 0.15) is 23.8 Å². The van der Waals surface area contributed by atoms with E-state index in [1.54, 1.807) is 23.2 Å². The zero-order chi connectivity index (χ0) is 14.1. The second-order valence-corrected chi connectivity index (χ2v) is 6.73. The van der Waals surface area contributed by atoms with Crippen LogP contribution in [0.25, 0.3) is 10.6 Å².